The number of nitrogens with one attached hydrogen (secondary N) is 1. The largest absolute Gasteiger partial charge is 0.444 e. The molecular weight excluding hydrogens is 310 g/mol. The maximum Gasteiger partial charge on any atom is 0.418 e. The highest BCUT2D eigenvalue weighted by atomic mass is 16.5. The normalized spacial score (nSPS) is 12.4. The van der Waals surface area contributed by atoms with E-state index in [1.165, 1.54) is 10.6 Å². The molecule has 0 amide bonds. The first-order chi connectivity index (χ1) is 11.7. The Morgan fingerprint density at radius 2 is 2.12 bits per heavy atom. The van der Waals surface area contributed by atoms with E-state index in [1.54, 1.807) is 24.4 Å². The molecule has 3 rings (SSSR count). The van der Waals surface area contributed by atoms with Crippen LogP contribution in [0.3, 0.4) is 0 Å². The number of benzene rings is 1. The molecule has 8 nitrogen and oxygen atoms in total. The lowest BCUT2D eigenvalue weighted by atomic mass is 10.2. The summed E-state index contributed by atoms with van der Waals surface area (Å²) in [4.78, 5) is 12.2. The van der Waals surface area contributed by atoms with Gasteiger partial charge in [0.25, 0.3) is 0 Å². The average Bonchev–Trinajstić information content (AvgIpc) is 3.30. The van der Waals surface area contributed by atoms with Crippen molar-refractivity contribution in [2.24, 2.45) is 0 Å². The number of H-pyrrole nitrogens is 1. The zero-order chi connectivity index (χ0) is 16.8. The molecule has 0 fully saturated rings. The lowest BCUT2D eigenvalue weighted by Crippen LogP contribution is -2.14. The molecule has 2 N–H and O–H groups in total. The second-order valence-corrected chi connectivity index (χ2v) is 4.92. The van der Waals surface area contributed by atoms with Crippen molar-refractivity contribution in [1.29, 1.82) is 0 Å². The molecule has 1 atom stereocenters. The quantitative estimate of drug-likeness (QED) is 0.742. The molecule has 0 aliphatic heterocycles. The Kier molecular flexibility index (Phi) is 4.78. The molecule has 0 aliphatic carbocycles. The van der Waals surface area contributed by atoms with E-state index in [9.17, 15) is 9.90 Å². The van der Waals surface area contributed by atoms with Gasteiger partial charge < -0.3 is 9.84 Å². The summed E-state index contributed by atoms with van der Waals surface area (Å²) < 4.78 is 6.63. The van der Waals surface area contributed by atoms with E-state index in [-0.39, 0.29) is 12.4 Å². The SMILES string of the molecule is O=C(OCc1ccccc1)n1cccc1/C=C/C(O)c1nn[nH]n1. The number of carbonyl (C=O) groups excluding carboxylic acids is 1. The minimum atomic E-state index is -1.02. The molecule has 0 aliphatic rings. The van der Waals surface area contributed by atoms with Crippen LogP contribution in [0.5, 0.6) is 0 Å². The van der Waals surface area contributed by atoms with Gasteiger partial charge in [0.2, 0.25) is 5.82 Å². The standard InChI is InChI=1S/C16H15N5O3/c22-14(15-17-19-20-18-15)9-8-13-7-4-10-21(13)16(23)24-11-12-5-2-1-3-6-12/h1-10,14,22H,11H2,(H,17,18,19,20)/b9-8+. The van der Waals surface area contributed by atoms with Gasteiger partial charge in [-0.2, -0.15) is 5.21 Å². The fraction of sp³-hybridized carbons (Fsp3) is 0.125. The van der Waals surface area contributed by atoms with E-state index < -0.39 is 12.2 Å². The summed E-state index contributed by atoms with van der Waals surface area (Å²) in [5, 5.41) is 22.9. The number of nitrogens with zero attached hydrogens (tertiary/aromatic N) is 4. The Morgan fingerprint density at radius 3 is 2.88 bits per heavy atom. The zero-order valence-corrected chi connectivity index (χ0v) is 12.6. The molecule has 0 saturated heterocycles. The molecule has 1 unspecified atom stereocenters. The Bertz CT molecular complexity index is 811. The average molecular weight is 325 g/mol. The van der Waals surface area contributed by atoms with E-state index in [0.717, 1.165) is 5.56 Å². The molecule has 24 heavy (non-hydrogen) atoms. The number of carbonyl (C=O) groups is 1. The minimum Gasteiger partial charge on any atom is -0.444 e. The van der Waals surface area contributed by atoms with Crippen LogP contribution in [-0.4, -0.2) is 36.4 Å². The monoisotopic (exact) mass is 325 g/mol. The zero-order valence-electron chi connectivity index (χ0n) is 12.6. The van der Waals surface area contributed by atoms with Gasteiger partial charge >= 0.3 is 6.09 Å². The molecular formula is C16H15N5O3. The van der Waals surface area contributed by atoms with Crippen LogP contribution < -0.4 is 0 Å². The molecule has 0 spiro atoms. The number of aromatic nitrogens is 5. The third-order valence-electron chi connectivity index (χ3n) is 3.26. The third-order valence-corrected chi connectivity index (χ3v) is 3.26. The second kappa shape index (κ2) is 7.34. The van der Waals surface area contributed by atoms with Gasteiger partial charge in [-0.05, 0) is 29.8 Å². The first-order valence-electron chi connectivity index (χ1n) is 7.22. The number of aromatic amines is 1. The van der Waals surface area contributed by atoms with Gasteiger partial charge in [0.15, 0.2) is 0 Å². The topological polar surface area (TPSA) is 106 Å². The summed E-state index contributed by atoms with van der Waals surface area (Å²) in [6.45, 7) is 0.187. The highest BCUT2D eigenvalue weighted by Crippen LogP contribution is 2.12. The van der Waals surface area contributed by atoms with Gasteiger partial charge in [0, 0.05) is 6.20 Å². The smallest absolute Gasteiger partial charge is 0.418 e. The van der Waals surface area contributed by atoms with Crippen molar-refractivity contribution >= 4 is 12.2 Å². The molecule has 2 heterocycles. The first kappa shape index (κ1) is 15.6. The predicted molar refractivity (Wildman–Crippen MR) is 84.6 cm³/mol. The van der Waals surface area contributed by atoms with Crippen LogP contribution in [0, 0.1) is 0 Å². The van der Waals surface area contributed by atoms with E-state index in [0.29, 0.717) is 5.69 Å². The number of aliphatic hydroxyl groups is 1. The van der Waals surface area contributed by atoms with E-state index >= 15 is 0 Å². The number of aliphatic hydroxyl groups excluding tert-OH is 1. The molecule has 0 saturated carbocycles. The number of hydrogen-bond acceptors (Lipinski definition) is 6. The van der Waals surface area contributed by atoms with Gasteiger partial charge in [0.1, 0.15) is 12.7 Å². The van der Waals surface area contributed by atoms with Crippen molar-refractivity contribution in [2.45, 2.75) is 12.7 Å². The summed E-state index contributed by atoms with van der Waals surface area (Å²) in [6.07, 6.45) is 3.12. The van der Waals surface area contributed by atoms with Crippen LogP contribution in [0.4, 0.5) is 4.79 Å². The maximum atomic E-state index is 12.2. The van der Waals surface area contributed by atoms with Crippen molar-refractivity contribution in [2.75, 3.05) is 0 Å². The number of ether oxygens (including phenoxy) is 1. The van der Waals surface area contributed by atoms with Crippen LogP contribution in [0.1, 0.15) is 23.2 Å². The molecule has 8 heteroatoms. The molecule has 2 aromatic heterocycles. The van der Waals surface area contributed by atoms with Crippen LogP contribution >= 0.6 is 0 Å². The molecule has 0 bridgehead atoms. The van der Waals surface area contributed by atoms with Crippen LogP contribution in [0.2, 0.25) is 0 Å². The summed E-state index contributed by atoms with van der Waals surface area (Å²) in [7, 11) is 0. The third kappa shape index (κ3) is 3.73. The lowest BCUT2D eigenvalue weighted by Gasteiger charge is -2.07. The number of rotatable bonds is 5. The summed E-state index contributed by atoms with van der Waals surface area (Å²) in [5.74, 6) is 0.149. The van der Waals surface area contributed by atoms with Gasteiger partial charge in [-0.15, -0.1) is 10.2 Å². The van der Waals surface area contributed by atoms with Crippen LogP contribution in [0.15, 0.2) is 54.7 Å². The van der Waals surface area contributed by atoms with Crippen LogP contribution in [-0.2, 0) is 11.3 Å². The van der Waals surface area contributed by atoms with Gasteiger partial charge in [0.05, 0.1) is 5.69 Å². The summed E-state index contributed by atoms with van der Waals surface area (Å²) in [6, 6.07) is 12.9. The Hall–Kier alpha value is -3.26. The van der Waals surface area contributed by atoms with E-state index in [4.69, 9.17) is 4.74 Å². The predicted octanol–water partition coefficient (Wildman–Crippen LogP) is 1.93. The van der Waals surface area contributed by atoms with Gasteiger partial charge in [-0.3, -0.25) is 4.57 Å². The Morgan fingerprint density at radius 1 is 1.29 bits per heavy atom. The fourth-order valence-corrected chi connectivity index (χ4v) is 2.06. The first-order valence-corrected chi connectivity index (χ1v) is 7.22. The second-order valence-electron chi connectivity index (χ2n) is 4.92. The van der Waals surface area contributed by atoms with Crippen molar-refractivity contribution in [1.82, 2.24) is 25.2 Å². The summed E-state index contributed by atoms with van der Waals surface area (Å²) in [5.41, 5.74) is 1.47. The van der Waals surface area contributed by atoms with Crippen molar-refractivity contribution in [3.63, 3.8) is 0 Å². The molecule has 122 valence electrons. The van der Waals surface area contributed by atoms with E-state index in [1.807, 2.05) is 30.3 Å². The van der Waals surface area contributed by atoms with Crippen molar-refractivity contribution in [3.8, 4) is 0 Å². The maximum absolute atomic E-state index is 12.2. The minimum absolute atomic E-state index is 0.149. The van der Waals surface area contributed by atoms with Crippen molar-refractivity contribution in [3.05, 3.63) is 71.8 Å². The highest BCUT2D eigenvalue weighted by molar-refractivity contribution is 5.74. The highest BCUT2D eigenvalue weighted by Gasteiger charge is 2.11. The number of tetrazole rings is 1. The number of hydrogen-bond donors (Lipinski definition) is 2. The molecule has 3 aromatic rings. The Labute approximate surface area is 137 Å². The van der Waals surface area contributed by atoms with Gasteiger partial charge in [-0.1, -0.05) is 35.5 Å². The molecule has 1 aromatic carbocycles. The van der Waals surface area contributed by atoms with Crippen LogP contribution in [0.25, 0.3) is 6.08 Å². The van der Waals surface area contributed by atoms with Crippen molar-refractivity contribution < 1.29 is 14.6 Å². The Balaban J connectivity index is 1.65. The van der Waals surface area contributed by atoms with Gasteiger partial charge in [-0.25, -0.2) is 4.79 Å². The lowest BCUT2D eigenvalue weighted by molar-refractivity contribution is 0.141. The fourth-order valence-electron chi connectivity index (χ4n) is 2.06. The van der Waals surface area contributed by atoms with E-state index in [2.05, 4.69) is 20.6 Å². The summed E-state index contributed by atoms with van der Waals surface area (Å²) >= 11 is 0. The molecule has 0 radical (unpaired) electrons.